The predicted octanol–water partition coefficient (Wildman–Crippen LogP) is 2.85. The highest BCUT2D eigenvalue weighted by atomic mass is 32.2. The smallest absolute Gasteiger partial charge is 0.261 e. The van der Waals surface area contributed by atoms with Crippen molar-refractivity contribution < 1.29 is 13.2 Å². The highest BCUT2D eigenvalue weighted by Crippen LogP contribution is 2.34. The van der Waals surface area contributed by atoms with Crippen molar-refractivity contribution in [3.05, 3.63) is 53.6 Å². The molecule has 0 saturated carbocycles. The summed E-state index contributed by atoms with van der Waals surface area (Å²) in [6.07, 6.45) is 0.907. The Morgan fingerprint density at radius 3 is 2.58 bits per heavy atom. The number of fused-ring (bicyclic) bond motifs is 1. The minimum absolute atomic E-state index is 0.0149. The molecule has 2 aromatic carbocycles. The largest absolute Gasteiger partial charge is 0.309 e. The van der Waals surface area contributed by atoms with Crippen LogP contribution in [-0.2, 0) is 27.7 Å². The van der Waals surface area contributed by atoms with Gasteiger partial charge >= 0.3 is 0 Å². The molecule has 0 aliphatic carbocycles. The highest BCUT2D eigenvalue weighted by molar-refractivity contribution is 7.92. The van der Waals surface area contributed by atoms with Gasteiger partial charge in [-0.25, -0.2) is 8.42 Å². The van der Waals surface area contributed by atoms with Crippen molar-refractivity contribution in [1.82, 2.24) is 0 Å². The van der Waals surface area contributed by atoms with Gasteiger partial charge in [0.25, 0.3) is 10.0 Å². The Kier molecular flexibility index (Phi) is 4.70. The van der Waals surface area contributed by atoms with Gasteiger partial charge in [-0.1, -0.05) is 12.1 Å². The molecule has 26 heavy (non-hydrogen) atoms. The number of nitrogens with zero attached hydrogens (tertiary/aromatic N) is 2. The third kappa shape index (κ3) is 3.41. The maximum absolute atomic E-state index is 12.7. The number of sulfonamides is 1. The van der Waals surface area contributed by atoms with Crippen LogP contribution in [0.4, 0.5) is 11.4 Å². The van der Waals surface area contributed by atoms with Crippen molar-refractivity contribution in [1.29, 1.82) is 5.26 Å². The van der Waals surface area contributed by atoms with Crippen LogP contribution in [0.25, 0.3) is 0 Å². The summed E-state index contributed by atoms with van der Waals surface area (Å²) in [5.41, 5.74) is 2.88. The van der Waals surface area contributed by atoms with Crippen LogP contribution in [-0.4, -0.2) is 20.4 Å². The first-order chi connectivity index (χ1) is 12.3. The molecule has 1 unspecified atom stereocenters. The maximum Gasteiger partial charge on any atom is 0.261 e. The summed E-state index contributed by atoms with van der Waals surface area (Å²) >= 11 is 0. The average Bonchev–Trinajstić information content (AvgIpc) is 2.91. The molecule has 0 aromatic heterocycles. The zero-order valence-electron chi connectivity index (χ0n) is 14.6. The summed E-state index contributed by atoms with van der Waals surface area (Å²) in [6.45, 7) is 3.45. The molecule has 0 saturated heterocycles. The molecule has 1 aliphatic rings. The Bertz CT molecular complexity index is 992. The third-order valence-corrected chi connectivity index (χ3v) is 5.78. The molecule has 3 rings (SSSR count). The van der Waals surface area contributed by atoms with Crippen molar-refractivity contribution in [3.8, 4) is 6.07 Å². The van der Waals surface area contributed by atoms with Gasteiger partial charge < -0.3 is 4.90 Å². The zero-order valence-corrected chi connectivity index (χ0v) is 15.4. The first kappa shape index (κ1) is 18.0. The van der Waals surface area contributed by atoms with Gasteiger partial charge in [-0.05, 0) is 54.8 Å². The molecule has 2 aromatic rings. The van der Waals surface area contributed by atoms with Gasteiger partial charge in [0, 0.05) is 24.3 Å². The lowest BCUT2D eigenvalue weighted by molar-refractivity contribution is -0.116. The number of hydrogen-bond acceptors (Lipinski definition) is 4. The number of benzene rings is 2. The van der Waals surface area contributed by atoms with E-state index in [9.17, 15) is 13.2 Å². The lowest BCUT2D eigenvalue weighted by Crippen LogP contribution is -2.33. The molecule has 0 radical (unpaired) electrons. The van der Waals surface area contributed by atoms with E-state index in [0.717, 1.165) is 16.8 Å². The fourth-order valence-corrected chi connectivity index (χ4v) is 4.36. The molecule has 1 aliphatic heterocycles. The van der Waals surface area contributed by atoms with Gasteiger partial charge in [-0.15, -0.1) is 0 Å². The number of carbonyl (C=O) groups excluding carboxylic acids is 1. The summed E-state index contributed by atoms with van der Waals surface area (Å²) in [5.74, 6) is -0.0533. The fourth-order valence-electron chi connectivity index (χ4n) is 3.25. The van der Waals surface area contributed by atoms with Crippen molar-refractivity contribution in [2.45, 2.75) is 37.6 Å². The van der Waals surface area contributed by atoms with Crippen LogP contribution >= 0.6 is 0 Å². The van der Waals surface area contributed by atoms with Crippen molar-refractivity contribution >= 4 is 27.3 Å². The first-order valence-electron chi connectivity index (χ1n) is 8.23. The van der Waals surface area contributed by atoms with Crippen molar-refractivity contribution in [2.24, 2.45) is 0 Å². The zero-order chi connectivity index (χ0) is 18.9. The van der Waals surface area contributed by atoms with Crippen molar-refractivity contribution in [3.63, 3.8) is 0 Å². The molecular formula is C19H19N3O3S. The molecular weight excluding hydrogens is 350 g/mol. The van der Waals surface area contributed by atoms with Crippen LogP contribution in [0.2, 0.25) is 0 Å². The average molecular weight is 369 g/mol. The van der Waals surface area contributed by atoms with E-state index in [2.05, 4.69) is 4.72 Å². The Labute approximate surface area is 153 Å². The van der Waals surface area contributed by atoms with E-state index in [-0.39, 0.29) is 23.3 Å². The van der Waals surface area contributed by atoms with Crippen LogP contribution in [0.15, 0.2) is 47.4 Å². The molecule has 0 fully saturated rings. The minimum atomic E-state index is -3.73. The van der Waals surface area contributed by atoms with Crippen LogP contribution in [0, 0.1) is 11.3 Å². The van der Waals surface area contributed by atoms with Crippen LogP contribution < -0.4 is 9.62 Å². The van der Waals surface area contributed by atoms with Gasteiger partial charge in [0.1, 0.15) is 0 Å². The van der Waals surface area contributed by atoms with Gasteiger partial charge in [0.2, 0.25) is 5.91 Å². The lowest BCUT2D eigenvalue weighted by atomic mass is 10.1. The minimum Gasteiger partial charge on any atom is -0.309 e. The van der Waals surface area contributed by atoms with Gasteiger partial charge in [0.05, 0.1) is 17.4 Å². The second-order valence-electron chi connectivity index (χ2n) is 6.37. The normalized spacial score (nSPS) is 16.0. The highest BCUT2D eigenvalue weighted by Gasteiger charge is 2.30. The molecule has 0 bridgehead atoms. The molecule has 0 spiro atoms. The van der Waals surface area contributed by atoms with Gasteiger partial charge in [-0.3, -0.25) is 9.52 Å². The Balaban J connectivity index is 1.86. The number of carbonyl (C=O) groups is 1. The van der Waals surface area contributed by atoms with Crippen molar-refractivity contribution in [2.75, 3.05) is 9.62 Å². The second kappa shape index (κ2) is 6.81. The van der Waals surface area contributed by atoms with E-state index in [1.807, 2.05) is 13.0 Å². The summed E-state index contributed by atoms with van der Waals surface area (Å²) in [4.78, 5) is 13.6. The maximum atomic E-state index is 12.7. The quantitative estimate of drug-likeness (QED) is 0.897. The van der Waals surface area contributed by atoms with E-state index in [0.29, 0.717) is 12.1 Å². The third-order valence-electron chi connectivity index (χ3n) is 4.41. The fraction of sp³-hybridized carbons (Fsp3) is 0.263. The number of nitriles is 1. The lowest BCUT2D eigenvalue weighted by Gasteiger charge is -2.20. The summed E-state index contributed by atoms with van der Waals surface area (Å²) < 4.78 is 27.9. The second-order valence-corrected chi connectivity index (χ2v) is 8.05. The monoisotopic (exact) mass is 369 g/mol. The molecule has 1 atom stereocenters. The molecule has 7 heteroatoms. The molecule has 1 amide bonds. The van der Waals surface area contributed by atoms with E-state index in [1.54, 1.807) is 41.3 Å². The van der Waals surface area contributed by atoms with E-state index in [1.165, 1.54) is 13.0 Å². The molecule has 6 nitrogen and oxygen atoms in total. The number of anilines is 2. The van der Waals surface area contributed by atoms with Crippen LogP contribution in [0.3, 0.4) is 0 Å². The van der Waals surface area contributed by atoms with E-state index < -0.39 is 10.0 Å². The van der Waals surface area contributed by atoms with E-state index >= 15 is 0 Å². The number of hydrogen-bond donors (Lipinski definition) is 1. The van der Waals surface area contributed by atoms with Crippen LogP contribution in [0.1, 0.15) is 25.0 Å². The Morgan fingerprint density at radius 2 is 1.96 bits per heavy atom. The summed E-state index contributed by atoms with van der Waals surface area (Å²) in [6, 6.07) is 13.6. The number of nitrogens with one attached hydrogen (secondary N) is 1. The van der Waals surface area contributed by atoms with Gasteiger partial charge in [-0.2, -0.15) is 5.26 Å². The first-order valence-corrected chi connectivity index (χ1v) is 9.71. The predicted molar refractivity (Wildman–Crippen MR) is 99.3 cm³/mol. The van der Waals surface area contributed by atoms with Crippen LogP contribution in [0.5, 0.6) is 0 Å². The summed E-state index contributed by atoms with van der Waals surface area (Å²) in [5, 5.41) is 8.69. The molecule has 1 heterocycles. The Hall–Kier alpha value is -2.85. The number of amides is 1. The Morgan fingerprint density at radius 1 is 1.27 bits per heavy atom. The standard InChI is InChI=1S/C19H19N3O3S/c1-13-11-16-12-18(7-8-19(16)22(13)14(2)23)26(24,25)21-17-5-3-15(4-6-17)9-10-20/h3-8,12-13,21H,9,11H2,1-2H3. The number of rotatable bonds is 4. The molecule has 1 N–H and O–H groups in total. The SMILES string of the molecule is CC(=O)N1c2ccc(S(=O)(=O)Nc3ccc(CC#N)cc3)cc2CC1C. The van der Waals surface area contributed by atoms with E-state index in [4.69, 9.17) is 5.26 Å². The summed E-state index contributed by atoms with van der Waals surface area (Å²) in [7, 11) is -3.73. The van der Waals surface area contributed by atoms with Gasteiger partial charge in [0.15, 0.2) is 0 Å². The molecule has 134 valence electrons. The topological polar surface area (TPSA) is 90.3 Å².